The summed E-state index contributed by atoms with van der Waals surface area (Å²) in [6.07, 6.45) is 0. The molecule has 0 fully saturated rings. The number of carboxylic acid groups (broad SMARTS) is 1. The van der Waals surface area contributed by atoms with Crippen LogP contribution in [0.25, 0.3) is 0 Å². The van der Waals surface area contributed by atoms with E-state index in [2.05, 4.69) is 0 Å². The van der Waals surface area contributed by atoms with Gasteiger partial charge in [-0.25, -0.2) is 8.42 Å². The van der Waals surface area contributed by atoms with Gasteiger partial charge in [-0.1, -0.05) is 49.2 Å². The molecule has 5 nitrogen and oxygen atoms in total. The number of carbonyl (C=O) groups is 1. The zero-order valence-corrected chi connectivity index (χ0v) is 15.9. The Morgan fingerprint density at radius 2 is 1.72 bits per heavy atom. The van der Waals surface area contributed by atoms with E-state index in [-0.39, 0.29) is 26.5 Å². The molecule has 134 valence electrons. The third-order valence-corrected chi connectivity index (χ3v) is 6.08. The highest BCUT2D eigenvalue weighted by molar-refractivity contribution is 7.93. The maximum atomic E-state index is 13.0. The second-order valence-electron chi connectivity index (χ2n) is 5.73. The highest BCUT2D eigenvalue weighted by Crippen LogP contribution is 2.31. The molecule has 2 rings (SSSR count). The van der Waals surface area contributed by atoms with E-state index in [1.165, 1.54) is 18.2 Å². The van der Waals surface area contributed by atoms with Crippen LogP contribution in [0.5, 0.6) is 0 Å². The molecule has 0 heterocycles. The number of rotatable bonds is 6. The van der Waals surface area contributed by atoms with Crippen LogP contribution in [0.1, 0.15) is 25.3 Å². The van der Waals surface area contributed by atoms with Crippen molar-refractivity contribution >= 4 is 44.9 Å². The Bertz CT molecular complexity index is 880. The molecule has 2 aromatic rings. The molecule has 8 heteroatoms. The van der Waals surface area contributed by atoms with Gasteiger partial charge in [0.2, 0.25) is 0 Å². The number of aliphatic carboxylic acids is 1. The minimum atomic E-state index is -4.20. The van der Waals surface area contributed by atoms with E-state index in [0.717, 1.165) is 9.87 Å². The highest BCUT2D eigenvalue weighted by atomic mass is 35.5. The molecule has 1 N–H and O–H groups in total. The summed E-state index contributed by atoms with van der Waals surface area (Å²) in [4.78, 5) is 11.0. The number of carboxylic acids is 1. The van der Waals surface area contributed by atoms with Gasteiger partial charge in [0.05, 0.1) is 10.7 Å². The molecule has 0 aromatic heterocycles. The molecule has 0 spiro atoms. The number of nitrogens with zero attached hydrogens (tertiary/aromatic N) is 1. The van der Waals surface area contributed by atoms with E-state index >= 15 is 0 Å². The SMILES string of the molecule is CC(C)c1ccc(N(CC(=O)O)S(=O)(=O)c2cc(Cl)ccc2Cl)cc1. The predicted molar refractivity (Wildman–Crippen MR) is 99.2 cm³/mol. The quantitative estimate of drug-likeness (QED) is 0.778. The van der Waals surface area contributed by atoms with Gasteiger partial charge in [-0.3, -0.25) is 9.10 Å². The second kappa shape index (κ2) is 7.64. The first kappa shape index (κ1) is 19.6. The van der Waals surface area contributed by atoms with Crippen molar-refractivity contribution in [1.29, 1.82) is 0 Å². The van der Waals surface area contributed by atoms with Crippen LogP contribution in [-0.4, -0.2) is 26.0 Å². The van der Waals surface area contributed by atoms with Crippen LogP contribution in [0.3, 0.4) is 0 Å². The van der Waals surface area contributed by atoms with Gasteiger partial charge in [-0.05, 0) is 41.8 Å². The Morgan fingerprint density at radius 1 is 1.12 bits per heavy atom. The summed E-state index contributed by atoms with van der Waals surface area (Å²) < 4.78 is 26.8. The summed E-state index contributed by atoms with van der Waals surface area (Å²) in [7, 11) is -4.20. The lowest BCUT2D eigenvalue weighted by atomic mass is 10.0. The lowest BCUT2D eigenvalue weighted by molar-refractivity contribution is -0.135. The smallest absolute Gasteiger partial charge is 0.324 e. The number of hydrogen-bond donors (Lipinski definition) is 1. The van der Waals surface area contributed by atoms with Gasteiger partial charge < -0.3 is 5.11 Å². The Labute approximate surface area is 156 Å². The van der Waals surface area contributed by atoms with Gasteiger partial charge >= 0.3 is 5.97 Å². The van der Waals surface area contributed by atoms with Crippen molar-refractivity contribution < 1.29 is 18.3 Å². The number of hydrogen-bond acceptors (Lipinski definition) is 3. The lowest BCUT2D eigenvalue weighted by Gasteiger charge is -2.23. The summed E-state index contributed by atoms with van der Waals surface area (Å²) in [5.41, 5.74) is 1.25. The average Bonchev–Trinajstić information content (AvgIpc) is 2.54. The summed E-state index contributed by atoms with van der Waals surface area (Å²) in [6.45, 7) is 3.28. The fourth-order valence-electron chi connectivity index (χ4n) is 2.26. The molecule has 0 saturated heterocycles. The third kappa shape index (κ3) is 4.45. The van der Waals surface area contributed by atoms with Gasteiger partial charge in [0.15, 0.2) is 0 Å². The topological polar surface area (TPSA) is 74.7 Å². The zero-order chi connectivity index (χ0) is 18.8. The Hall–Kier alpha value is -1.76. The zero-order valence-electron chi connectivity index (χ0n) is 13.6. The van der Waals surface area contributed by atoms with Crippen molar-refractivity contribution in [2.45, 2.75) is 24.7 Å². The van der Waals surface area contributed by atoms with Crippen LogP contribution >= 0.6 is 23.2 Å². The van der Waals surface area contributed by atoms with Crippen molar-refractivity contribution in [3.8, 4) is 0 Å². The highest BCUT2D eigenvalue weighted by Gasteiger charge is 2.29. The van der Waals surface area contributed by atoms with Crippen LogP contribution in [0, 0.1) is 0 Å². The first-order valence-electron chi connectivity index (χ1n) is 7.42. The summed E-state index contributed by atoms with van der Waals surface area (Å²) in [6, 6.07) is 10.7. The first-order valence-corrected chi connectivity index (χ1v) is 9.62. The van der Waals surface area contributed by atoms with Crippen molar-refractivity contribution in [3.05, 3.63) is 58.1 Å². The molecule has 0 bridgehead atoms. The maximum Gasteiger partial charge on any atom is 0.324 e. The molecule has 25 heavy (non-hydrogen) atoms. The minimum Gasteiger partial charge on any atom is -0.480 e. The fraction of sp³-hybridized carbons (Fsp3) is 0.235. The van der Waals surface area contributed by atoms with Gasteiger partial charge in [-0.15, -0.1) is 0 Å². The second-order valence-corrected chi connectivity index (χ2v) is 8.40. The lowest BCUT2D eigenvalue weighted by Crippen LogP contribution is -2.36. The summed E-state index contributed by atoms with van der Waals surface area (Å²) in [5.74, 6) is -1.02. The number of benzene rings is 2. The van der Waals surface area contributed by atoms with E-state index < -0.39 is 22.5 Å². The molecule has 0 aliphatic heterocycles. The van der Waals surface area contributed by atoms with Gasteiger partial charge in [0, 0.05) is 5.02 Å². The standard InChI is InChI=1S/C17H17Cl2NO4S/c1-11(2)12-3-6-14(7-4-12)20(10-17(21)22)25(23,24)16-9-13(18)5-8-15(16)19/h3-9,11H,10H2,1-2H3,(H,21,22). The first-order chi connectivity index (χ1) is 11.6. The molecule has 0 radical (unpaired) electrons. The van der Waals surface area contributed by atoms with Crippen molar-refractivity contribution in [2.75, 3.05) is 10.8 Å². The van der Waals surface area contributed by atoms with Crippen molar-refractivity contribution in [3.63, 3.8) is 0 Å². The maximum absolute atomic E-state index is 13.0. The summed E-state index contributed by atoms with van der Waals surface area (Å²) in [5, 5.41) is 9.32. The van der Waals surface area contributed by atoms with E-state index in [0.29, 0.717) is 0 Å². The molecule has 0 aliphatic carbocycles. The molecular formula is C17H17Cl2NO4S. The van der Waals surface area contributed by atoms with Crippen LogP contribution in [0.15, 0.2) is 47.4 Å². The van der Waals surface area contributed by atoms with Gasteiger partial charge in [-0.2, -0.15) is 0 Å². The minimum absolute atomic E-state index is 0.0291. The van der Waals surface area contributed by atoms with Gasteiger partial charge in [0.1, 0.15) is 11.4 Å². The Morgan fingerprint density at radius 3 is 2.24 bits per heavy atom. The van der Waals surface area contributed by atoms with Crippen LogP contribution in [0.4, 0.5) is 5.69 Å². The van der Waals surface area contributed by atoms with Crippen molar-refractivity contribution in [1.82, 2.24) is 0 Å². The number of anilines is 1. The molecule has 0 amide bonds. The Kier molecular flexibility index (Phi) is 5.98. The normalized spacial score (nSPS) is 11.6. The molecule has 0 unspecified atom stereocenters. The Balaban J connectivity index is 2.56. The van der Waals surface area contributed by atoms with E-state index in [4.69, 9.17) is 28.3 Å². The number of halogens is 2. The van der Waals surface area contributed by atoms with Gasteiger partial charge in [0.25, 0.3) is 10.0 Å². The average molecular weight is 402 g/mol. The monoisotopic (exact) mass is 401 g/mol. The van der Waals surface area contributed by atoms with E-state index in [1.54, 1.807) is 24.3 Å². The van der Waals surface area contributed by atoms with Crippen LogP contribution in [0.2, 0.25) is 10.0 Å². The largest absolute Gasteiger partial charge is 0.480 e. The fourth-order valence-corrected chi connectivity index (χ4v) is 4.41. The molecule has 0 saturated carbocycles. The van der Waals surface area contributed by atoms with Crippen LogP contribution < -0.4 is 4.31 Å². The molecule has 0 atom stereocenters. The van der Waals surface area contributed by atoms with Crippen LogP contribution in [-0.2, 0) is 14.8 Å². The van der Waals surface area contributed by atoms with Crippen molar-refractivity contribution in [2.24, 2.45) is 0 Å². The van der Waals surface area contributed by atoms with E-state index in [9.17, 15) is 13.2 Å². The number of sulfonamides is 1. The molecule has 0 aliphatic rings. The predicted octanol–water partition coefficient (Wildman–Crippen LogP) is 4.40. The third-order valence-electron chi connectivity index (χ3n) is 3.59. The molecule has 2 aromatic carbocycles. The summed E-state index contributed by atoms with van der Waals surface area (Å²) >= 11 is 11.9. The molecular weight excluding hydrogens is 385 g/mol. The van der Waals surface area contributed by atoms with E-state index in [1.807, 2.05) is 13.8 Å².